The van der Waals surface area contributed by atoms with Crippen LogP contribution in [0, 0.1) is 6.92 Å². The third-order valence-corrected chi connectivity index (χ3v) is 4.53. The molecule has 0 spiro atoms. The first kappa shape index (κ1) is 19.5. The van der Waals surface area contributed by atoms with Crippen molar-refractivity contribution in [3.05, 3.63) is 23.2 Å². The summed E-state index contributed by atoms with van der Waals surface area (Å²) in [7, 11) is 3.21. The van der Waals surface area contributed by atoms with Gasteiger partial charge in [0.2, 0.25) is 5.91 Å². The summed E-state index contributed by atoms with van der Waals surface area (Å²) < 4.78 is 16.1. The fourth-order valence-electron chi connectivity index (χ4n) is 3.13. The van der Waals surface area contributed by atoms with Crippen molar-refractivity contribution in [1.82, 2.24) is 9.80 Å². The van der Waals surface area contributed by atoms with Crippen LogP contribution in [0.25, 0.3) is 0 Å². The van der Waals surface area contributed by atoms with Crippen LogP contribution in [0.15, 0.2) is 10.5 Å². The third kappa shape index (κ3) is 4.61. The van der Waals surface area contributed by atoms with Gasteiger partial charge in [-0.25, -0.2) is 4.79 Å². The molecule has 7 nitrogen and oxygen atoms in total. The predicted molar refractivity (Wildman–Crippen MR) is 92.3 cm³/mol. The lowest BCUT2D eigenvalue weighted by Gasteiger charge is -2.38. The van der Waals surface area contributed by atoms with E-state index < -0.39 is 5.97 Å². The van der Waals surface area contributed by atoms with E-state index in [0.717, 1.165) is 0 Å². The Labute approximate surface area is 148 Å². The second kappa shape index (κ2) is 8.01. The number of ether oxygens (including phenoxy) is 2. The first-order valence-electron chi connectivity index (χ1n) is 8.55. The number of hydrogen-bond acceptors (Lipinski definition) is 6. The fraction of sp³-hybridized carbons (Fsp3) is 0.667. The van der Waals surface area contributed by atoms with Crippen LogP contribution in [0.4, 0.5) is 0 Å². The topological polar surface area (TPSA) is 72.2 Å². The number of esters is 1. The summed E-state index contributed by atoms with van der Waals surface area (Å²) in [5.41, 5.74) is 0.417. The average Bonchev–Trinajstić information content (AvgIpc) is 2.92. The molecule has 0 aromatic carbocycles. The molecular weight excluding hydrogens is 324 g/mol. The lowest BCUT2D eigenvalue weighted by Crippen LogP contribution is -2.53. The SMILES string of the molecule is COC(=O)c1cc(CN(C)C(C)C(=O)N2CC(C)OC(C)C2)oc1C. The number of likely N-dealkylation sites (N-methyl/N-ethyl adjacent to an activating group) is 1. The first-order chi connectivity index (χ1) is 11.7. The molecule has 0 aliphatic carbocycles. The van der Waals surface area contributed by atoms with Gasteiger partial charge in [-0.05, 0) is 40.8 Å². The van der Waals surface area contributed by atoms with Gasteiger partial charge >= 0.3 is 5.97 Å². The molecule has 0 saturated carbocycles. The van der Waals surface area contributed by atoms with E-state index in [0.29, 0.717) is 36.7 Å². The summed E-state index contributed by atoms with van der Waals surface area (Å²) in [6, 6.07) is 1.37. The summed E-state index contributed by atoms with van der Waals surface area (Å²) >= 11 is 0. The zero-order valence-electron chi connectivity index (χ0n) is 15.9. The van der Waals surface area contributed by atoms with Crippen LogP contribution in [-0.2, 0) is 20.8 Å². The van der Waals surface area contributed by atoms with Crippen molar-refractivity contribution in [3.8, 4) is 0 Å². The molecule has 2 rings (SSSR count). The number of furan rings is 1. The van der Waals surface area contributed by atoms with E-state index in [2.05, 4.69) is 0 Å². The van der Waals surface area contributed by atoms with Gasteiger partial charge in [0, 0.05) is 13.1 Å². The lowest BCUT2D eigenvalue weighted by molar-refractivity contribution is -0.148. The van der Waals surface area contributed by atoms with Crippen LogP contribution in [0.2, 0.25) is 0 Å². The summed E-state index contributed by atoms with van der Waals surface area (Å²) in [5, 5.41) is 0. The number of aryl methyl sites for hydroxylation is 1. The molecule has 2 heterocycles. The van der Waals surface area contributed by atoms with Crippen LogP contribution in [0.3, 0.4) is 0 Å². The van der Waals surface area contributed by atoms with E-state index in [1.54, 1.807) is 13.0 Å². The molecule has 7 heteroatoms. The van der Waals surface area contributed by atoms with Crippen molar-refractivity contribution >= 4 is 11.9 Å². The molecular formula is C18H28N2O5. The fourth-order valence-corrected chi connectivity index (χ4v) is 3.13. The van der Waals surface area contributed by atoms with E-state index in [1.165, 1.54) is 7.11 Å². The average molecular weight is 352 g/mol. The molecule has 140 valence electrons. The number of nitrogens with zero attached hydrogens (tertiary/aromatic N) is 2. The van der Waals surface area contributed by atoms with Crippen molar-refractivity contribution in [1.29, 1.82) is 0 Å². The van der Waals surface area contributed by atoms with E-state index in [4.69, 9.17) is 13.9 Å². The van der Waals surface area contributed by atoms with E-state index >= 15 is 0 Å². The number of amides is 1. The van der Waals surface area contributed by atoms with E-state index in [1.807, 2.05) is 37.6 Å². The molecule has 1 aromatic rings. The highest BCUT2D eigenvalue weighted by molar-refractivity contribution is 5.90. The molecule has 3 unspecified atom stereocenters. The van der Waals surface area contributed by atoms with Crippen LogP contribution >= 0.6 is 0 Å². The predicted octanol–water partition coefficient (Wildman–Crippen LogP) is 1.83. The van der Waals surface area contributed by atoms with Crippen LogP contribution < -0.4 is 0 Å². The van der Waals surface area contributed by atoms with Gasteiger partial charge in [0.25, 0.3) is 0 Å². The molecule has 1 aliphatic heterocycles. The number of rotatable bonds is 5. The van der Waals surface area contributed by atoms with Crippen molar-refractivity contribution in [2.75, 3.05) is 27.2 Å². The highest BCUT2D eigenvalue weighted by Gasteiger charge is 2.30. The summed E-state index contributed by atoms with van der Waals surface area (Å²) in [4.78, 5) is 28.2. The van der Waals surface area contributed by atoms with Crippen molar-refractivity contribution in [2.24, 2.45) is 0 Å². The van der Waals surface area contributed by atoms with Gasteiger partial charge in [0.15, 0.2) is 0 Å². The van der Waals surface area contributed by atoms with Gasteiger partial charge in [-0.3, -0.25) is 9.69 Å². The van der Waals surface area contributed by atoms with Gasteiger partial charge in [-0.15, -0.1) is 0 Å². The molecule has 1 saturated heterocycles. The van der Waals surface area contributed by atoms with Gasteiger partial charge in [-0.1, -0.05) is 0 Å². The zero-order chi connectivity index (χ0) is 18.7. The Morgan fingerprint density at radius 1 is 1.36 bits per heavy atom. The Morgan fingerprint density at radius 2 is 1.96 bits per heavy atom. The Bertz CT molecular complexity index is 617. The second-order valence-electron chi connectivity index (χ2n) is 6.77. The highest BCUT2D eigenvalue weighted by atomic mass is 16.5. The van der Waals surface area contributed by atoms with E-state index in [9.17, 15) is 9.59 Å². The highest BCUT2D eigenvalue weighted by Crippen LogP contribution is 2.19. The van der Waals surface area contributed by atoms with Gasteiger partial charge in [0.1, 0.15) is 17.1 Å². The maximum absolute atomic E-state index is 12.8. The Kier molecular flexibility index (Phi) is 6.24. The molecule has 1 fully saturated rings. The molecule has 25 heavy (non-hydrogen) atoms. The molecule has 0 radical (unpaired) electrons. The first-order valence-corrected chi connectivity index (χ1v) is 8.55. The van der Waals surface area contributed by atoms with Crippen LogP contribution in [0.5, 0.6) is 0 Å². The summed E-state index contributed by atoms with van der Waals surface area (Å²) in [6.07, 6.45) is 0.0843. The van der Waals surface area contributed by atoms with Crippen molar-refractivity contribution < 1.29 is 23.5 Å². The second-order valence-corrected chi connectivity index (χ2v) is 6.77. The Balaban J connectivity index is 2.01. The minimum Gasteiger partial charge on any atom is -0.465 e. The van der Waals surface area contributed by atoms with Crippen molar-refractivity contribution in [2.45, 2.75) is 52.5 Å². The number of carbonyl (C=O) groups excluding carboxylic acids is 2. The monoisotopic (exact) mass is 352 g/mol. The maximum Gasteiger partial charge on any atom is 0.341 e. The number of methoxy groups -OCH3 is 1. The van der Waals surface area contributed by atoms with Gasteiger partial charge in [-0.2, -0.15) is 0 Å². The third-order valence-electron chi connectivity index (χ3n) is 4.53. The number of morpholine rings is 1. The zero-order valence-corrected chi connectivity index (χ0v) is 15.9. The Hall–Kier alpha value is -1.86. The van der Waals surface area contributed by atoms with Crippen molar-refractivity contribution in [3.63, 3.8) is 0 Å². The smallest absolute Gasteiger partial charge is 0.341 e. The maximum atomic E-state index is 12.8. The largest absolute Gasteiger partial charge is 0.465 e. The molecule has 0 bridgehead atoms. The molecule has 1 aliphatic rings. The molecule has 1 amide bonds. The van der Waals surface area contributed by atoms with Crippen LogP contribution in [-0.4, -0.2) is 67.2 Å². The summed E-state index contributed by atoms with van der Waals surface area (Å²) in [5.74, 6) is 0.797. The number of hydrogen-bond donors (Lipinski definition) is 0. The quantitative estimate of drug-likeness (QED) is 0.753. The standard InChI is InChI=1S/C18H28N2O5/c1-11-8-20(9-12(2)24-11)17(21)13(3)19(5)10-15-7-16(14(4)25-15)18(22)23-6/h7,11-13H,8-10H2,1-6H3. The van der Waals surface area contributed by atoms with Crippen LogP contribution in [0.1, 0.15) is 42.6 Å². The van der Waals surface area contributed by atoms with Gasteiger partial charge in [0.05, 0.1) is 31.9 Å². The summed E-state index contributed by atoms with van der Waals surface area (Å²) in [6.45, 7) is 9.20. The van der Waals surface area contributed by atoms with E-state index in [-0.39, 0.29) is 24.2 Å². The van der Waals surface area contributed by atoms with Gasteiger partial charge < -0.3 is 18.8 Å². The Morgan fingerprint density at radius 3 is 2.52 bits per heavy atom. The molecule has 3 atom stereocenters. The minimum absolute atomic E-state index is 0.0422. The normalized spacial score (nSPS) is 22.1. The molecule has 1 aromatic heterocycles. The minimum atomic E-state index is -0.421. The molecule has 0 N–H and O–H groups in total. The number of carbonyl (C=O) groups is 2. The lowest BCUT2D eigenvalue weighted by atomic mass is 10.1.